The first-order chi connectivity index (χ1) is 8.76. The Morgan fingerprint density at radius 3 is 2.67 bits per heavy atom. The molecule has 2 nitrogen and oxygen atoms in total. The molecule has 1 aromatic rings. The molecule has 94 valence electrons. The second-order valence-corrected chi connectivity index (χ2v) is 3.94. The number of hydrogen-bond donors (Lipinski definition) is 2. The van der Waals surface area contributed by atoms with Crippen LogP contribution in [0, 0.1) is 5.41 Å². The molecule has 2 heteroatoms. The second kappa shape index (κ2) is 7.28. The van der Waals surface area contributed by atoms with Crippen LogP contribution < -0.4 is 5.32 Å². The summed E-state index contributed by atoms with van der Waals surface area (Å²) in [7, 11) is 0. The number of benzene rings is 1. The lowest BCUT2D eigenvalue weighted by Gasteiger charge is -2.20. The maximum atomic E-state index is 7.40. The van der Waals surface area contributed by atoms with Crippen LogP contribution in [-0.4, -0.2) is 12.3 Å². The number of nitrogens with one attached hydrogen (secondary N) is 2. The first-order valence-electron chi connectivity index (χ1n) is 6.07. The smallest absolute Gasteiger partial charge is 0.0511 e. The van der Waals surface area contributed by atoms with Crippen LogP contribution in [-0.2, 0) is 0 Å². The molecule has 18 heavy (non-hydrogen) atoms. The van der Waals surface area contributed by atoms with Crippen molar-refractivity contribution in [3.8, 4) is 0 Å². The zero-order valence-electron chi connectivity index (χ0n) is 10.8. The van der Waals surface area contributed by atoms with E-state index in [1.165, 1.54) is 6.21 Å². The van der Waals surface area contributed by atoms with Gasteiger partial charge in [0, 0.05) is 17.5 Å². The van der Waals surface area contributed by atoms with E-state index >= 15 is 0 Å². The van der Waals surface area contributed by atoms with E-state index in [4.69, 9.17) is 5.41 Å². The molecule has 0 radical (unpaired) electrons. The number of hydrogen-bond acceptors (Lipinski definition) is 2. The molecule has 2 N–H and O–H groups in total. The third kappa shape index (κ3) is 3.45. The molecule has 0 heterocycles. The Morgan fingerprint density at radius 2 is 2.11 bits per heavy atom. The van der Waals surface area contributed by atoms with Gasteiger partial charge in [0.1, 0.15) is 0 Å². The summed E-state index contributed by atoms with van der Waals surface area (Å²) < 4.78 is 0. The number of rotatable bonds is 7. The van der Waals surface area contributed by atoms with Gasteiger partial charge in [-0.25, -0.2) is 0 Å². The van der Waals surface area contributed by atoms with Crippen molar-refractivity contribution in [1.82, 2.24) is 0 Å². The molecule has 0 aliphatic rings. The Hall–Kier alpha value is -2.09. The van der Waals surface area contributed by atoms with Gasteiger partial charge >= 0.3 is 0 Å². The van der Waals surface area contributed by atoms with E-state index in [1.54, 1.807) is 6.08 Å². The second-order valence-electron chi connectivity index (χ2n) is 3.94. The topological polar surface area (TPSA) is 35.9 Å². The minimum absolute atomic E-state index is 0.182. The zero-order chi connectivity index (χ0) is 13.4. The maximum absolute atomic E-state index is 7.40. The third-order valence-corrected chi connectivity index (χ3v) is 2.80. The summed E-state index contributed by atoms with van der Waals surface area (Å²) >= 11 is 0. The van der Waals surface area contributed by atoms with Gasteiger partial charge in [0.15, 0.2) is 0 Å². The van der Waals surface area contributed by atoms with E-state index in [0.717, 1.165) is 23.2 Å². The molecular weight excluding hydrogens is 220 g/mol. The van der Waals surface area contributed by atoms with Gasteiger partial charge < -0.3 is 10.7 Å². The first-order valence-corrected chi connectivity index (χ1v) is 6.07. The molecule has 1 unspecified atom stereocenters. The molecule has 0 bridgehead atoms. The molecule has 1 atom stereocenters. The fraction of sp³-hybridized carbons (Fsp3) is 0.188. The maximum Gasteiger partial charge on any atom is 0.0511 e. The average molecular weight is 240 g/mol. The summed E-state index contributed by atoms with van der Waals surface area (Å²) in [5.74, 6) is 0. The van der Waals surface area contributed by atoms with E-state index in [9.17, 15) is 0 Å². The van der Waals surface area contributed by atoms with E-state index < -0.39 is 0 Å². The largest absolute Gasteiger partial charge is 0.378 e. The van der Waals surface area contributed by atoms with Crippen LogP contribution in [0.1, 0.15) is 18.9 Å². The highest BCUT2D eigenvalue weighted by Gasteiger charge is 2.10. The molecule has 0 saturated heterocycles. The van der Waals surface area contributed by atoms with Crippen molar-refractivity contribution >= 4 is 11.9 Å². The van der Waals surface area contributed by atoms with Gasteiger partial charge in [-0.1, -0.05) is 56.5 Å². The molecule has 0 spiro atoms. The molecule has 0 aliphatic carbocycles. The van der Waals surface area contributed by atoms with Crippen LogP contribution in [0.5, 0.6) is 0 Å². The minimum atomic E-state index is 0.182. The van der Waals surface area contributed by atoms with Gasteiger partial charge in [0.2, 0.25) is 0 Å². The highest BCUT2D eigenvalue weighted by atomic mass is 14.9. The Balaban J connectivity index is 2.98. The number of para-hydroxylation sites is 1. The lowest BCUT2D eigenvalue weighted by Crippen LogP contribution is -2.21. The quantitative estimate of drug-likeness (QED) is 0.544. The average Bonchev–Trinajstić information content (AvgIpc) is 2.43. The summed E-state index contributed by atoms with van der Waals surface area (Å²) in [5.41, 5.74) is 2.96. The van der Waals surface area contributed by atoms with E-state index in [1.807, 2.05) is 36.4 Å². The van der Waals surface area contributed by atoms with Gasteiger partial charge in [-0.3, -0.25) is 0 Å². The molecule has 1 aromatic carbocycles. The molecular formula is C16H20N2. The van der Waals surface area contributed by atoms with Crippen molar-refractivity contribution in [2.45, 2.75) is 19.4 Å². The van der Waals surface area contributed by atoms with Crippen LogP contribution in [0.3, 0.4) is 0 Å². The highest BCUT2D eigenvalue weighted by molar-refractivity contribution is 5.85. The monoisotopic (exact) mass is 240 g/mol. The Morgan fingerprint density at radius 1 is 1.39 bits per heavy atom. The normalized spacial score (nSPS) is 12.6. The van der Waals surface area contributed by atoms with Gasteiger partial charge in [-0.05, 0) is 18.1 Å². The fourth-order valence-corrected chi connectivity index (χ4v) is 1.83. The number of anilines is 1. The van der Waals surface area contributed by atoms with Crippen molar-refractivity contribution in [1.29, 1.82) is 5.41 Å². The minimum Gasteiger partial charge on any atom is -0.378 e. The van der Waals surface area contributed by atoms with Crippen LogP contribution in [0.4, 0.5) is 5.69 Å². The summed E-state index contributed by atoms with van der Waals surface area (Å²) in [4.78, 5) is 0. The Labute approximate surface area is 109 Å². The van der Waals surface area contributed by atoms with Crippen molar-refractivity contribution in [2.24, 2.45) is 0 Å². The molecule has 1 rings (SSSR count). The van der Waals surface area contributed by atoms with Crippen LogP contribution in [0.25, 0.3) is 0 Å². The van der Waals surface area contributed by atoms with Gasteiger partial charge in [-0.15, -0.1) is 0 Å². The summed E-state index contributed by atoms with van der Waals surface area (Å²) in [6.45, 7) is 9.67. The van der Waals surface area contributed by atoms with Crippen LogP contribution >= 0.6 is 0 Å². The van der Waals surface area contributed by atoms with E-state index in [-0.39, 0.29) is 6.04 Å². The predicted octanol–water partition coefficient (Wildman–Crippen LogP) is 4.17. The molecule has 0 aromatic heterocycles. The van der Waals surface area contributed by atoms with E-state index in [0.29, 0.717) is 0 Å². The highest BCUT2D eigenvalue weighted by Crippen LogP contribution is 2.19. The molecule has 0 saturated carbocycles. The molecule has 0 fully saturated rings. The van der Waals surface area contributed by atoms with Crippen LogP contribution in [0.15, 0.2) is 61.2 Å². The lowest BCUT2D eigenvalue weighted by molar-refractivity contribution is 0.805. The fourth-order valence-electron chi connectivity index (χ4n) is 1.83. The van der Waals surface area contributed by atoms with Crippen molar-refractivity contribution in [2.75, 3.05) is 5.32 Å². The van der Waals surface area contributed by atoms with Crippen molar-refractivity contribution < 1.29 is 0 Å². The first kappa shape index (κ1) is 14.0. The van der Waals surface area contributed by atoms with Gasteiger partial charge in [-0.2, -0.15) is 0 Å². The summed E-state index contributed by atoms with van der Waals surface area (Å²) in [5, 5.41) is 10.8. The standard InChI is InChI=1S/C16H20N2/c1-4-9-13(5-2)15(6-3)18-16-11-8-7-10-14(16)12-17/h4-5,7-12,15,17-18H,1-2,6H2,3H3/b13-9+,17-12?. The van der Waals surface area contributed by atoms with Crippen LogP contribution in [0.2, 0.25) is 0 Å². The SMILES string of the molecule is C=C/C=C(\C=C)C(CC)Nc1ccccc1C=N. The number of allylic oxidation sites excluding steroid dienone is 2. The predicted molar refractivity (Wildman–Crippen MR) is 80.5 cm³/mol. The van der Waals surface area contributed by atoms with Crippen molar-refractivity contribution in [3.63, 3.8) is 0 Å². The van der Waals surface area contributed by atoms with Crippen molar-refractivity contribution in [3.05, 3.63) is 66.8 Å². The molecule has 0 amide bonds. The van der Waals surface area contributed by atoms with Gasteiger partial charge in [0.05, 0.1) is 6.04 Å². The summed E-state index contributed by atoms with van der Waals surface area (Å²) in [6.07, 6.45) is 7.87. The molecule has 0 aliphatic heterocycles. The van der Waals surface area contributed by atoms with E-state index in [2.05, 4.69) is 25.4 Å². The Kier molecular flexibility index (Phi) is 5.65. The van der Waals surface area contributed by atoms with Gasteiger partial charge in [0.25, 0.3) is 0 Å². The summed E-state index contributed by atoms with van der Waals surface area (Å²) in [6, 6.07) is 7.99. The zero-order valence-corrected chi connectivity index (χ0v) is 10.8. The Bertz CT molecular complexity index is 458. The third-order valence-electron chi connectivity index (χ3n) is 2.80. The lowest BCUT2D eigenvalue weighted by atomic mass is 10.0.